The summed E-state index contributed by atoms with van der Waals surface area (Å²) in [5.74, 6) is -0.375. The quantitative estimate of drug-likeness (QED) is 0.884. The van der Waals surface area contributed by atoms with Crippen LogP contribution in [0.4, 0.5) is 4.39 Å². The van der Waals surface area contributed by atoms with Gasteiger partial charge in [-0.2, -0.15) is 4.31 Å². The predicted octanol–water partition coefficient (Wildman–Crippen LogP) is 2.21. The van der Waals surface area contributed by atoms with Crippen LogP contribution in [0.2, 0.25) is 0 Å². The molecule has 1 heterocycles. The number of benzene rings is 1. The minimum Gasteiger partial charge on any atom is -0.330 e. The molecular formula is C14H17FN2O2S2. The zero-order chi connectivity index (χ0) is 15.5. The van der Waals surface area contributed by atoms with E-state index in [0.717, 1.165) is 4.88 Å². The molecule has 0 fully saturated rings. The summed E-state index contributed by atoms with van der Waals surface area (Å²) in [6.07, 6.45) is 0.661. The number of nitrogens with two attached hydrogens (primary N) is 1. The molecule has 7 heteroatoms. The predicted molar refractivity (Wildman–Crippen MR) is 82.1 cm³/mol. The van der Waals surface area contributed by atoms with Crippen molar-refractivity contribution in [2.45, 2.75) is 17.2 Å². The maximum Gasteiger partial charge on any atom is 0.252 e. The highest BCUT2D eigenvalue weighted by atomic mass is 32.2. The molecule has 2 rings (SSSR count). The monoisotopic (exact) mass is 328 g/mol. The largest absolute Gasteiger partial charge is 0.330 e. The minimum atomic E-state index is -3.56. The van der Waals surface area contributed by atoms with E-state index in [1.807, 2.05) is 0 Å². The second kappa shape index (κ2) is 6.65. The van der Waals surface area contributed by atoms with Crippen LogP contribution in [0.3, 0.4) is 0 Å². The maximum absolute atomic E-state index is 13.1. The van der Waals surface area contributed by atoms with Crippen molar-refractivity contribution in [1.82, 2.24) is 4.31 Å². The highest BCUT2D eigenvalue weighted by Gasteiger charge is 2.23. The molecule has 114 valence electrons. The molecular weight excluding hydrogens is 311 g/mol. The van der Waals surface area contributed by atoms with E-state index in [1.165, 1.54) is 34.8 Å². The summed E-state index contributed by atoms with van der Waals surface area (Å²) in [5.41, 5.74) is 6.08. The van der Waals surface area contributed by atoms with E-state index in [4.69, 9.17) is 5.73 Å². The normalized spacial score (nSPS) is 12.0. The highest BCUT2D eigenvalue weighted by Crippen LogP contribution is 2.25. The van der Waals surface area contributed by atoms with E-state index >= 15 is 0 Å². The van der Waals surface area contributed by atoms with Gasteiger partial charge in [-0.05, 0) is 42.8 Å². The third-order valence-electron chi connectivity index (χ3n) is 2.99. The second-order valence-electron chi connectivity index (χ2n) is 4.65. The number of halogens is 1. The van der Waals surface area contributed by atoms with Gasteiger partial charge in [0.05, 0.1) is 0 Å². The number of hydrogen-bond acceptors (Lipinski definition) is 4. The van der Waals surface area contributed by atoms with Crippen molar-refractivity contribution in [3.8, 4) is 0 Å². The zero-order valence-corrected chi connectivity index (χ0v) is 13.3. The van der Waals surface area contributed by atoms with Gasteiger partial charge in [-0.25, -0.2) is 12.8 Å². The summed E-state index contributed by atoms with van der Waals surface area (Å²) >= 11 is 1.22. The van der Waals surface area contributed by atoms with Gasteiger partial charge >= 0.3 is 0 Å². The first-order chi connectivity index (χ1) is 9.93. The molecule has 0 aliphatic rings. The van der Waals surface area contributed by atoms with Gasteiger partial charge in [0.15, 0.2) is 0 Å². The first-order valence-electron chi connectivity index (χ1n) is 6.43. The van der Waals surface area contributed by atoms with Gasteiger partial charge in [0, 0.05) is 18.5 Å². The van der Waals surface area contributed by atoms with Gasteiger partial charge in [-0.3, -0.25) is 0 Å². The summed E-state index contributed by atoms with van der Waals surface area (Å²) in [6, 6.07) is 9.29. The Morgan fingerprint density at radius 2 is 2.05 bits per heavy atom. The van der Waals surface area contributed by atoms with Crippen molar-refractivity contribution in [2.24, 2.45) is 5.73 Å². The standard InChI is InChI=1S/C14H17FN2O2S2/c1-17(10-11-3-2-4-12(15)9-11)21(18,19)14-6-5-13(20-14)7-8-16/h2-6,9H,7-8,10,16H2,1H3. The van der Waals surface area contributed by atoms with Crippen molar-refractivity contribution in [3.05, 3.63) is 52.7 Å². The lowest BCUT2D eigenvalue weighted by Crippen LogP contribution is -2.25. The van der Waals surface area contributed by atoms with Crippen LogP contribution in [0.25, 0.3) is 0 Å². The Bertz CT molecular complexity index is 713. The smallest absolute Gasteiger partial charge is 0.252 e. The molecule has 21 heavy (non-hydrogen) atoms. The Labute approximate surface area is 128 Å². The third-order valence-corrected chi connectivity index (χ3v) is 6.40. The van der Waals surface area contributed by atoms with Crippen molar-refractivity contribution in [3.63, 3.8) is 0 Å². The van der Waals surface area contributed by atoms with E-state index in [9.17, 15) is 12.8 Å². The van der Waals surface area contributed by atoms with Crippen molar-refractivity contribution >= 4 is 21.4 Å². The van der Waals surface area contributed by atoms with Crippen LogP contribution < -0.4 is 5.73 Å². The molecule has 1 aromatic heterocycles. The molecule has 0 saturated heterocycles. The fourth-order valence-electron chi connectivity index (χ4n) is 1.90. The number of hydrogen-bond donors (Lipinski definition) is 1. The Balaban J connectivity index is 2.17. The third kappa shape index (κ3) is 3.88. The van der Waals surface area contributed by atoms with Gasteiger partial charge in [0.2, 0.25) is 0 Å². The average Bonchev–Trinajstić information content (AvgIpc) is 2.88. The average molecular weight is 328 g/mol. The fourth-order valence-corrected chi connectivity index (χ4v) is 4.65. The molecule has 0 bridgehead atoms. The lowest BCUT2D eigenvalue weighted by molar-refractivity contribution is 0.467. The summed E-state index contributed by atoms with van der Waals surface area (Å²) in [7, 11) is -2.07. The zero-order valence-electron chi connectivity index (χ0n) is 11.6. The molecule has 0 saturated carbocycles. The number of nitrogens with zero attached hydrogens (tertiary/aromatic N) is 1. The number of thiophene rings is 1. The molecule has 1 aromatic carbocycles. The Kier molecular flexibility index (Phi) is 5.10. The molecule has 2 N–H and O–H groups in total. The summed E-state index contributed by atoms with van der Waals surface area (Å²) in [5, 5.41) is 0. The van der Waals surface area contributed by atoms with Crippen LogP contribution in [0.15, 0.2) is 40.6 Å². The SMILES string of the molecule is CN(Cc1cccc(F)c1)S(=O)(=O)c1ccc(CCN)s1. The number of rotatable bonds is 6. The second-order valence-corrected chi connectivity index (χ2v) is 8.09. The molecule has 0 aliphatic carbocycles. The van der Waals surface area contributed by atoms with E-state index in [0.29, 0.717) is 18.5 Å². The van der Waals surface area contributed by atoms with Crippen LogP contribution in [0.1, 0.15) is 10.4 Å². The van der Waals surface area contributed by atoms with Gasteiger partial charge < -0.3 is 5.73 Å². The fraction of sp³-hybridized carbons (Fsp3) is 0.286. The van der Waals surface area contributed by atoms with Crippen LogP contribution in [-0.4, -0.2) is 26.3 Å². The van der Waals surface area contributed by atoms with Crippen LogP contribution in [-0.2, 0) is 23.0 Å². The Hall–Kier alpha value is -1.28. The summed E-state index contributed by atoms with van der Waals surface area (Å²) < 4.78 is 39.6. The van der Waals surface area contributed by atoms with Gasteiger partial charge in [0.1, 0.15) is 10.0 Å². The van der Waals surface area contributed by atoms with E-state index < -0.39 is 10.0 Å². The molecule has 0 amide bonds. The molecule has 0 aliphatic heterocycles. The lowest BCUT2D eigenvalue weighted by atomic mass is 10.2. The van der Waals surface area contributed by atoms with Crippen LogP contribution in [0.5, 0.6) is 0 Å². The van der Waals surface area contributed by atoms with Crippen molar-refractivity contribution in [1.29, 1.82) is 0 Å². The van der Waals surface area contributed by atoms with E-state index in [1.54, 1.807) is 24.3 Å². The Morgan fingerprint density at radius 1 is 1.29 bits per heavy atom. The van der Waals surface area contributed by atoms with E-state index in [-0.39, 0.29) is 16.6 Å². The van der Waals surface area contributed by atoms with Gasteiger partial charge in [-0.1, -0.05) is 12.1 Å². The lowest BCUT2D eigenvalue weighted by Gasteiger charge is -2.16. The molecule has 0 radical (unpaired) electrons. The molecule has 0 spiro atoms. The van der Waals surface area contributed by atoms with Gasteiger partial charge in [-0.15, -0.1) is 11.3 Å². The first kappa shape index (κ1) is 16.1. The topological polar surface area (TPSA) is 63.4 Å². The van der Waals surface area contributed by atoms with E-state index in [2.05, 4.69) is 0 Å². The summed E-state index contributed by atoms with van der Waals surface area (Å²) in [4.78, 5) is 0.940. The van der Waals surface area contributed by atoms with Crippen molar-refractivity contribution in [2.75, 3.05) is 13.6 Å². The summed E-state index contributed by atoms with van der Waals surface area (Å²) in [6.45, 7) is 0.614. The van der Waals surface area contributed by atoms with Gasteiger partial charge in [0.25, 0.3) is 10.0 Å². The molecule has 4 nitrogen and oxygen atoms in total. The molecule has 2 aromatic rings. The molecule has 0 unspecified atom stereocenters. The maximum atomic E-state index is 13.1. The first-order valence-corrected chi connectivity index (χ1v) is 8.68. The molecule has 0 atom stereocenters. The van der Waals surface area contributed by atoms with Crippen LogP contribution >= 0.6 is 11.3 Å². The van der Waals surface area contributed by atoms with Crippen LogP contribution in [0, 0.1) is 5.82 Å². The number of sulfonamides is 1. The highest BCUT2D eigenvalue weighted by molar-refractivity contribution is 7.91. The Morgan fingerprint density at radius 3 is 2.71 bits per heavy atom. The van der Waals surface area contributed by atoms with Crippen molar-refractivity contribution < 1.29 is 12.8 Å². The minimum absolute atomic E-state index is 0.129.